The molecule has 2 nitrogen and oxygen atoms in total. The number of aromatic nitrogens is 1. The van der Waals surface area contributed by atoms with Gasteiger partial charge in [-0.2, -0.15) is 0 Å². The van der Waals surface area contributed by atoms with Gasteiger partial charge in [-0.3, -0.25) is 0 Å². The van der Waals surface area contributed by atoms with Gasteiger partial charge >= 0.3 is 0 Å². The summed E-state index contributed by atoms with van der Waals surface area (Å²) in [5.41, 5.74) is 2.19. The first-order chi connectivity index (χ1) is 8.75. The van der Waals surface area contributed by atoms with Crippen LogP contribution in [0.15, 0.2) is 40.1 Å². The molecule has 0 saturated carbocycles. The summed E-state index contributed by atoms with van der Waals surface area (Å²) >= 11 is 3.40. The van der Waals surface area contributed by atoms with Crippen LogP contribution in [0.1, 0.15) is 19.8 Å². The molecule has 2 aromatic rings. The molecule has 18 heavy (non-hydrogen) atoms. The van der Waals surface area contributed by atoms with Crippen molar-refractivity contribution in [2.75, 3.05) is 5.75 Å². The maximum Gasteiger partial charge on any atom is 0.150 e. The molecule has 0 atom stereocenters. The molecule has 0 radical (unpaired) electrons. The molecule has 0 aliphatic heterocycles. The maximum atomic E-state index is 10.8. The number of ketones is 1. The molecule has 0 bridgehead atoms. The minimum Gasteiger partial charge on any atom is -0.300 e. The highest BCUT2D eigenvalue weighted by atomic mass is 32.2. The first-order valence-electron chi connectivity index (χ1n) is 5.89. The van der Waals surface area contributed by atoms with Gasteiger partial charge in [0.05, 0.1) is 5.69 Å². The molecule has 1 aromatic heterocycles. The van der Waals surface area contributed by atoms with Crippen LogP contribution in [0.3, 0.4) is 0 Å². The van der Waals surface area contributed by atoms with Gasteiger partial charge in [-0.25, -0.2) is 4.98 Å². The molecule has 1 aromatic carbocycles. The average Bonchev–Trinajstić information content (AvgIpc) is 2.84. The van der Waals surface area contributed by atoms with Crippen molar-refractivity contribution in [3.63, 3.8) is 0 Å². The van der Waals surface area contributed by atoms with Gasteiger partial charge in [-0.15, -0.1) is 11.3 Å². The minimum atomic E-state index is 0.264. The Balaban J connectivity index is 1.89. The normalized spacial score (nSPS) is 10.5. The summed E-state index contributed by atoms with van der Waals surface area (Å²) in [6.45, 7) is 1.64. The van der Waals surface area contributed by atoms with Crippen LogP contribution in [0, 0.1) is 0 Å². The van der Waals surface area contributed by atoms with E-state index in [9.17, 15) is 4.79 Å². The zero-order valence-corrected chi connectivity index (χ0v) is 11.9. The molecular weight excluding hydrogens is 262 g/mol. The van der Waals surface area contributed by atoms with E-state index in [4.69, 9.17) is 0 Å². The smallest absolute Gasteiger partial charge is 0.150 e. The predicted molar refractivity (Wildman–Crippen MR) is 78.2 cm³/mol. The number of thiazole rings is 1. The van der Waals surface area contributed by atoms with Crippen molar-refractivity contribution >= 4 is 28.9 Å². The summed E-state index contributed by atoms with van der Waals surface area (Å²) in [6.07, 6.45) is 1.60. The molecule has 0 amide bonds. The van der Waals surface area contributed by atoms with Gasteiger partial charge in [0.25, 0.3) is 0 Å². The lowest BCUT2D eigenvalue weighted by atomic mass is 10.2. The number of rotatable bonds is 6. The number of benzene rings is 1. The summed E-state index contributed by atoms with van der Waals surface area (Å²) in [6, 6.07) is 10.2. The maximum absolute atomic E-state index is 10.8. The van der Waals surface area contributed by atoms with Crippen molar-refractivity contribution in [2.45, 2.75) is 24.1 Å². The Hall–Kier alpha value is -1.13. The van der Waals surface area contributed by atoms with E-state index in [2.05, 4.69) is 22.5 Å². The molecule has 0 unspecified atom stereocenters. The molecule has 4 heteroatoms. The Labute approximate surface area is 115 Å². The molecule has 0 spiro atoms. The zero-order valence-electron chi connectivity index (χ0n) is 10.3. The number of nitrogens with zero attached hydrogens (tertiary/aromatic N) is 1. The summed E-state index contributed by atoms with van der Waals surface area (Å²) in [7, 11) is 0. The molecule has 94 valence electrons. The molecule has 0 N–H and O–H groups in total. The standard InChI is InChI=1S/C14H15NOS2/c1-11(16)6-5-9-17-14-15-13(10-18-14)12-7-3-2-4-8-12/h2-4,7-8,10H,5-6,9H2,1H3. The fraction of sp³-hybridized carbons (Fsp3) is 0.286. The SMILES string of the molecule is CC(=O)CCCSc1nc(-c2ccccc2)cs1. The molecule has 1 heterocycles. The fourth-order valence-corrected chi connectivity index (χ4v) is 3.39. The van der Waals surface area contributed by atoms with E-state index in [1.54, 1.807) is 30.0 Å². The minimum absolute atomic E-state index is 0.264. The number of carbonyl (C=O) groups is 1. The highest BCUT2D eigenvalue weighted by Gasteiger charge is 2.04. The van der Waals surface area contributed by atoms with Crippen molar-refractivity contribution < 1.29 is 4.79 Å². The third kappa shape index (κ3) is 3.96. The third-order valence-electron chi connectivity index (χ3n) is 2.45. The van der Waals surface area contributed by atoms with Gasteiger partial charge in [0.2, 0.25) is 0 Å². The van der Waals surface area contributed by atoms with Gasteiger partial charge in [-0.05, 0) is 13.3 Å². The van der Waals surface area contributed by atoms with Crippen LogP contribution < -0.4 is 0 Å². The van der Waals surface area contributed by atoms with Crippen LogP contribution in [-0.4, -0.2) is 16.5 Å². The Morgan fingerprint density at radius 1 is 1.33 bits per heavy atom. The highest BCUT2D eigenvalue weighted by molar-refractivity contribution is 8.01. The van der Waals surface area contributed by atoms with Crippen LogP contribution >= 0.6 is 23.1 Å². The van der Waals surface area contributed by atoms with E-state index >= 15 is 0 Å². The average molecular weight is 277 g/mol. The molecule has 0 saturated heterocycles. The Kier molecular flexibility index (Phi) is 4.96. The van der Waals surface area contributed by atoms with Crippen molar-refractivity contribution in [3.05, 3.63) is 35.7 Å². The highest BCUT2D eigenvalue weighted by Crippen LogP contribution is 2.28. The Morgan fingerprint density at radius 3 is 2.83 bits per heavy atom. The van der Waals surface area contributed by atoms with Crippen molar-refractivity contribution in [3.8, 4) is 11.3 Å². The van der Waals surface area contributed by atoms with Gasteiger partial charge in [-0.1, -0.05) is 42.1 Å². The summed E-state index contributed by atoms with van der Waals surface area (Å²) < 4.78 is 1.08. The van der Waals surface area contributed by atoms with Crippen LogP contribution in [0.4, 0.5) is 0 Å². The van der Waals surface area contributed by atoms with Crippen molar-refractivity contribution in [1.29, 1.82) is 0 Å². The molecule has 0 aliphatic carbocycles. The topological polar surface area (TPSA) is 30.0 Å². The molecular formula is C14H15NOS2. The predicted octanol–water partition coefficient (Wildman–Crippen LogP) is 4.27. The van der Waals surface area contributed by atoms with E-state index in [1.165, 1.54) is 0 Å². The Bertz CT molecular complexity index is 508. The second kappa shape index (κ2) is 6.71. The van der Waals surface area contributed by atoms with Crippen LogP contribution in [0.2, 0.25) is 0 Å². The van der Waals surface area contributed by atoms with E-state index in [0.717, 1.165) is 27.8 Å². The zero-order chi connectivity index (χ0) is 12.8. The van der Waals surface area contributed by atoms with Gasteiger partial charge < -0.3 is 4.79 Å². The molecule has 0 fully saturated rings. The van der Waals surface area contributed by atoms with E-state index in [1.807, 2.05) is 18.2 Å². The number of thioether (sulfide) groups is 1. The van der Waals surface area contributed by atoms with Gasteiger partial charge in [0.1, 0.15) is 5.78 Å². The first kappa shape index (κ1) is 13.3. The van der Waals surface area contributed by atoms with Crippen molar-refractivity contribution in [1.82, 2.24) is 4.98 Å². The van der Waals surface area contributed by atoms with Crippen molar-refractivity contribution in [2.24, 2.45) is 0 Å². The number of carbonyl (C=O) groups excluding carboxylic acids is 1. The lowest BCUT2D eigenvalue weighted by Gasteiger charge is -1.96. The number of hydrogen-bond donors (Lipinski definition) is 0. The summed E-state index contributed by atoms with van der Waals surface area (Å²) in [5.74, 6) is 1.22. The van der Waals surface area contributed by atoms with Crippen LogP contribution in [0.5, 0.6) is 0 Å². The van der Waals surface area contributed by atoms with E-state index in [0.29, 0.717) is 6.42 Å². The molecule has 2 rings (SSSR count). The van der Waals surface area contributed by atoms with E-state index in [-0.39, 0.29) is 5.78 Å². The molecule has 0 aliphatic rings. The van der Waals surface area contributed by atoms with Gasteiger partial charge in [0.15, 0.2) is 4.34 Å². The van der Waals surface area contributed by atoms with E-state index < -0.39 is 0 Å². The number of Topliss-reactive ketones (excluding diaryl/α,β-unsaturated/α-hetero) is 1. The second-order valence-corrected chi connectivity index (χ2v) is 6.22. The fourth-order valence-electron chi connectivity index (χ4n) is 1.55. The summed E-state index contributed by atoms with van der Waals surface area (Å²) in [5, 5.41) is 2.09. The lowest BCUT2D eigenvalue weighted by molar-refractivity contribution is -0.117. The first-order valence-corrected chi connectivity index (χ1v) is 7.75. The third-order valence-corrected chi connectivity index (χ3v) is 4.56. The Morgan fingerprint density at radius 2 is 2.11 bits per heavy atom. The lowest BCUT2D eigenvalue weighted by Crippen LogP contribution is -1.90. The monoisotopic (exact) mass is 277 g/mol. The van der Waals surface area contributed by atoms with Crippen LogP contribution in [-0.2, 0) is 4.79 Å². The largest absolute Gasteiger partial charge is 0.300 e. The number of hydrogen-bond acceptors (Lipinski definition) is 4. The second-order valence-electron chi connectivity index (χ2n) is 4.02. The van der Waals surface area contributed by atoms with Crippen LogP contribution in [0.25, 0.3) is 11.3 Å². The quantitative estimate of drug-likeness (QED) is 0.583. The summed E-state index contributed by atoms with van der Waals surface area (Å²) in [4.78, 5) is 15.4. The van der Waals surface area contributed by atoms with Gasteiger partial charge in [0, 0.05) is 23.1 Å².